The van der Waals surface area contributed by atoms with Crippen molar-refractivity contribution in [2.45, 2.75) is 76.0 Å². The standard InChI is InChI=1S/C16H30N2O3/c1-20-15-10-3-2-9-14(15)18-16(19)17-11-6-8-13-7-4-5-12-21-13/h13-15H,2-12H2,1H3,(H2,17,18,19). The van der Waals surface area contributed by atoms with Crippen LogP contribution in [0.5, 0.6) is 0 Å². The van der Waals surface area contributed by atoms with E-state index in [-0.39, 0.29) is 18.2 Å². The van der Waals surface area contributed by atoms with Gasteiger partial charge in [-0.1, -0.05) is 12.8 Å². The van der Waals surface area contributed by atoms with Gasteiger partial charge in [0.15, 0.2) is 0 Å². The van der Waals surface area contributed by atoms with Crippen molar-refractivity contribution in [2.24, 2.45) is 0 Å². The molecular weight excluding hydrogens is 268 g/mol. The highest BCUT2D eigenvalue weighted by molar-refractivity contribution is 5.74. The van der Waals surface area contributed by atoms with Crippen molar-refractivity contribution in [3.63, 3.8) is 0 Å². The van der Waals surface area contributed by atoms with E-state index in [9.17, 15) is 4.79 Å². The van der Waals surface area contributed by atoms with E-state index in [1.807, 2.05) is 0 Å². The molecule has 2 rings (SSSR count). The maximum absolute atomic E-state index is 11.9. The quantitative estimate of drug-likeness (QED) is 0.741. The SMILES string of the molecule is COC1CCCCC1NC(=O)NCCCC1CCCCO1. The molecule has 0 aromatic carbocycles. The van der Waals surface area contributed by atoms with E-state index in [2.05, 4.69) is 10.6 Å². The monoisotopic (exact) mass is 298 g/mol. The van der Waals surface area contributed by atoms with Gasteiger partial charge in [0.1, 0.15) is 0 Å². The summed E-state index contributed by atoms with van der Waals surface area (Å²) in [5.41, 5.74) is 0. The van der Waals surface area contributed by atoms with Crippen molar-refractivity contribution in [3.05, 3.63) is 0 Å². The summed E-state index contributed by atoms with van der Waals surface area (Å²) in [7, 11) is 1.73. The number of hydrogen-bond donors (Lipinski definition) is 2. The molecule has 21 heavy (non-hydrogen) atoms. The molecule has 2 N–H and O–H groups in total. The summed E-state index contributed by atoms with van der Waals surface area (Å²) < 4.78 is 11.1. The Morgan fingerprint density at radius 2 is 2.00 bits per heavy atom. The summed E-state index contributed by atoms with van der Waals surface area (Å²) in [6.07, 6.45) is 10.7. The molecule has 1 saturated heterocycles. The molecule has 1 aliphatic carbocycles. The molecule has 0 radical (unpaired) electrons. The van der Waals surface area contributed by atoms with Crippen LogP contribution in [0.3, 0.4) is 0 Å². The lowest BCUT2D eigenvalue weighted by Crippen LogP contribution is -2.49. The number of nitrogens with one attached hydrogen (secondary N) is 2. The molecule has 3 unspecified atom stereocenters. The van der Waals surface area contributed by atoms with Crippen LogP contribution < -0.4 is 10.6 Å². The smallest absolute Gasteiger partial charge is 0.315 e. The maximum Gasteiger partial charge on any atom is 0.315 e. The lowest BCUT2D eigenvalue weighted by molar-refractivity contribution is 0.0103. The molecule has 5 nitrogen and oxygen atoms in total. The fraction of sp³-hybridized carbons (Fsp3) is 0.938. The number of hydrogen-bond acceptors (Lipinski definition) is 3. The third-order valence-electron chi connectivity index (χ3n) is 4.58. The molecule has 122 valence electrons. The molecule has 2 fully saturated rings. The van der Waals surface area contributed by atoms with Gasteiger partial charge in [0.05, 0.1) is 18.2 Å². The number of rotatable bonds is 6. The molecule has 0 aromatic rings. The lowest BCUT2D eigenvalue weighted by Gasteiger charge is -2.31. The number of methoxy groups -OCH3 is 1. The van der Waals surface area contributed by atoms with Gasteiger partial charge in [0.2, 0.25) is 0 Å². The van der Waals surface area contributed by atoms with E-state index in [1.165, 1.54) is 32.1 Å². The van der Waals surface area contributed by atoms with Crippen molar-refractivity contribution in [1.29, 1.82) is 0 Å². The number of carbonyl (C=O) groups excluding carboxylic acids is 1. The van der Waals surface area contributed by atoms with E-state index >= 15 is 0 Å². The summed E-state index contributed by atoms with van der Waals surface area (Å²) in [4.78, 5) is 11.9. The van der Waals surface area contributed by atoms with Gasteiger partial charge in [-0.15, -0.1) is 0 Å². The fourth-order valence-corrected chi connectivity index (χ4v) is 3.33. The van der Waals surface area contributed by atoms with E-state index in [0.717, 1.165) is 38.8 Å². The van der Waals surface area contributed by atoms with Gasteiger partial charge < -0.3 is 20.1 Å². The molecule has 1 aliphatic heterocycles. The minimum absolute atomic E-state index is 0.0616. The normalized spacial score (nSPS) is 29.9. The molecule has 1 saturated carbocycles. The Hall–Kier alpha value is -0.810. The molecule has 2 aliphatic rings. The van der Waals surface area contributed by atoms with Crippen LogP contribution in [0, 0.1) is 0 Å². The topological polar surface area (TPSA) is 59.6 Å². The van der Waals surface area contributed by atoms with Crippen LogP contribution in [0.4, 0.5) is 4.79 Å². The van der Waals surface area contributed by atoms with Gasteiger partial charge >= 0.3 is 6.03 Å². The highest BCUT2D eigenvalue weighted by Gasteiger charge is 2.26. The Morgan fingerprint density at radius 1 is 1.19 bits per heavy atom. The second-order valence-corrected chi connectivity index (χ2v) is 6.20. The predicted molar refractivity (Wildman–Crippen MR) is 82.4 cm³/mol. The van der Waals surface area contributed by atoms with Gasteiger partial charge in [-0.05, 0) is 44.9 Å². The summed E-state index contributed by atoms with van der Waals surface area (Å²) in [5.74, 6) is 0. The zero-order chi connectivity index (χ0) is 14.9. The van der Waals surface area contributed by atoms with Crippen molar-refractivity contribution in [2.75, 3.05) is 20.3 Å². The summed E-state index contributed by atoms with van der Waals surface area (Å²) in [6, 6.07) is 0.0962. The van der Waals surface area contributed by atoms with Crippen LogP contribution in [-0.4, -0.2) is 44.5 Å². The van der Waals surface area contributed by atoms with Crippen LogP contribution in [0.15, 0.2) is 0 Å². The first kappa shape index (κ1) is 16.6. The van der Waals surface area contributed by atoms with Crippen LogP contribution in [0.2, 0.25) is 0 Å². The van der Waals surface area contributed by atoms with Crippen molar-refractivity contribution >= 4 is 6.03 Å². The molecule has 1 heterocycles. The maximum atomic E-state index is 11.9. The Bertz CT molecular complexity index is 306. The Balaban J connectivity index is 1.56. The fourth-order valence-electron chi connectivity index (χ4n) is 3.33. The van der Waals surface area contributed by atoms with Gasteiger partial charge in [0.25, 0.3) is 0 Å². The third kappa shape index (κ3) is 5.83. The average molecular weight is 298 g/mol. The van der Waals surface area contributed by atoms with Crippen LogP contribution in [0.1, 0.15) is 57.8 Å². The molecule has 5 heteroatoms. The van der Waals surface area contributed by atoms with Gasteiger partial charge in [0, 0.05) is 20.3 Å². The Kier molecular flexibility index (Phi) is 7.30. The Morgan fingerprint density at radius 3 is 2.76 bits per heavy atom. The first-order valence-electron chi connectivity index (χ1n) is 8.48. The Labute approximate surface area is 128 Å². The molecule has 0 aromatic heterocycles. The van der Waals surface area contributed by atoms with Crippen molar-refractivity contribution in [3.8, 4) is 0 Å². The van der Waals surface area contributed by atoms with E-state index in [1.54, 1.807) is 7.11 Å². The average Bonchev–Trinajstić information content (AvgIpc) is 2.53. The molecule has 2 amide bonds. The van der Waals surface area contributed by atoms with Gasteiger partial charge in [-0.3, -0.25) is 0 Å². The van der Waals surface area contributed by atoms with Crippen LogP contribution >= 0.6 is 0 Å². The summed E-state index contributed by atoms with van der Waals surface area (Å²) >= 11 is 0. The third-order valence-corrected chi connectivity index (χ3v) is 4.58. The summed E-state index contributed by atoms with van der Waals surface area (Å²) in [5, 5.41) is 6.01. The molecule has 0 bridgehead atoms. The van der Waals surface area contributed by atoms with Gasteiger partial charge in [-0.2, -0.15) is 0 Å². The zero-order valence-electron chi connectivity index (χ0n) is 13.2. The highest BCUT2D eigenvalue weighted by Crippen LogP contribution is 2.20. The zero-order valence-corrected chi connectivity index (χ0v) is 13.2. The highest BCUT2D eigenvalue weighted by atomic mass is 16.5. The second kappa shape index (κ2) is 9.26. The lowest BCUT2D eigenvalue weighted by atomic mass is 9.92. The largest absolute Gasteiger partial charge is 0.379 e. The minimum atomic E-state index is -0.0616. The number of carbonyl (C=O) groups is 1. The number of amides is 2. The van der Waals surface area contributed by atoms with Crippen molar-refractivity contribution in [1.82, 2.24) is 10.6 Å². The van der Waals surface area contributed by atoms with E-state index in [4.69, 9.17) is 9.47 Å². The van der Waals surface area contributed by atoms with Crippen molar-refractivity contribution < 1.29 is 14.3 Å². The predicted octanol–water partition coefficient (Wildman–Crippen LogP) is 2.59. The number of urea groups is 1. The van der Waals surface area contributed by atoms with E-state index in [0.29, 0.717) is 6.10 Å². The first-order chi connectivity index (χ1) is 10.3. The molecule has 0 spiro atoms. The minimum Gasteiger partial charge on any atom is -0.379 e. The molecular formula is C16H30N2O3. The number of ether oxygens (including phenoxy) is 2. The summed E-state index contributed by atoms with van der Waals surface area (Å²) in [6.45, 7) is 1.62. The molecule has 3 atom stereocenters. The van der Waals surface area contributed by atoms with Gasteiger partial charge in [-0.25, -0.2) is 4.79 Å². The first-order valence-corrected chi connectivity index (χ1v) is 8.48. The van der Waals surface area contributed by atoms with Crippen LogP contribution in [-0.2, 0) is 9.47 Å². The second-order valence-electron chi connectivity index (χ2n) is 6.20. The van der Waals surface area contributed by atoms with E-state index < -0.39 is 0 Å². The van der Waals surface area contributed by atoms with Crippen LogP contribution in [0.25, 0.3) is 0 Å².